The van der Waals surface area contributed by atoms with Crippen LogP contribution in [-0.4, -0.2) is 48.2 Å². The molecule has 3 N–H and O–H groups in total. The summed E-state index contributed by atoms with van der Waals surface area (Å²) in [7, 11) is 0. The first-order valence-electron chi connectivity index (χ1n) is 9.03. The van der Waals surface area contributed by atoms with Crippen LogP contribution in [0.5, 0.6) is 0 Å². The number of rotatable bonds is 7. The topological polar surface area (TPSA) is 81.7 Å². The van der Waals surface area contributed by atoms with Gasteiger partial charge in [-0.25, -0.2) is 4.79 Å². The number of hydrogen-bond acceptors (Lipinski definition) is 6. The minimum Gasteiger partial charge on any atom is -0.396 e. The van der Waals surface area contributed by atoms with Crippen molar-refractivity contribution in [1.29, 1.82) is 0 Å². The molecule has 0 spiro atoms. The van der Waals surface area contributed by atoms with Crippen molar-refractivity contribution in [3.8, 4) is 0 Å². The van der Waals surface area contributed by atoms with Gasteiger partial charge in [0.05, 0.1) is 4.75 Å². The molecule has 0 aliphatic carbocycles. The number of aliphatic hydroxyl groups is 1. The summed E-state index contributed by atoms with van der Waals surface area (Å²) in [6.07, 6.45) is 1.77. The summed E-state index contributed by atoms with van der Waals surface area (Å²) >= 11 is 2.09. The van der Waals surface area contributed by atoms with Gasteiger partial charge in [0.15, 0.2) is 5.13 Å². The summed E-state index contributed by atoms with van der Waals surface area (Å²) in [4.78, 5) is 27.3. The van der Waals surface area contributed by atoms with E-state index in [1.807, 2.05) is 0 Å². The van der Waals surface area contributed by atoms with Gasteiger partial charge >= 0.3 is 6.03 Å². The summed E-state index contributed by atoms with van der Waals surface area (Å²) in [6.45, 7) is 5.33. The fourth-order valence-electron chi connectivity index (χ4n) is 3.43. The maximum absolute atomic E-state index is 13.8. The number of aliphatic hydroxyl groups excluding tert-OH is 1. The lowest BCUT2D eigenvalue weighted by Crippen LogP contribution is -2.42. The van der Waals surface area contributed by atoms with Crippen molar-refractivity contribution in [1.82, 2.24) is 14.9 Å². The highest BCUT2D eigenvalue weighted by molar-refractivity contribution is 7.99. The Balaban J connectivity index is 1.75. The first-order valence-corrected chi connectivity index (χ1v) is 10.7. The Bertz CT molecular complexity index is 877. The van der Waals surface area contributed by atoms with E-state index >= 15 is 0 Å². The van der Waals surface area contributed by atoms with E-state index in [0.717, 1.165) is 28.2 Å². The smallest absolute Gasteiger partial charge is 0.331 e. The van der Waals surface area contributed by atoms with Crippen LogP contribution in [0.3, 0.4) is 0 Å². The molecule has 29 heavy (non-hydrogen) atoms. The van der Waals surface area contributed by atoms with Crippen molar-refractivity contribution in [3.63, 3.8) is 0 Å². The molecule has 3 amide bonds. The molecule has 3 rings (SSSR count). The number of imide groups is 1. The highest BCUT2D eigenvalue weighted by Gasteiger charge is 2.49. The second-order valence-corrected chi connectivity index (χ2v) is 8.88. The van der Waals surface area contributed by atoms with Crippen LogP contribution in [0.15, 0.2) is 55.1 Å². The van der Waals surface area contributed by atoms with Gasteiger partial charge in [0.2, 0.25) is 0 Å². The number of benzene rings is 1. The zero-order chi connectivity index (χ0) is 20.9. The quantitative estimate of drug-likeness (QED) is 0.460. The Labute approximate surface area is 176 Å². The van der Waals surface area contributed by atoms with E-state index in [4.69, 9.17) is 0 Å². The van der Waals surface area contributed by atoms with Gasteiger partial charge in [0, 0.05) is 42.6 Å². The lowest BCUT2D eigenvalue weighted by Gasteiger charge is -2.32. The van der Waals surface area contributed by atoms with Crippen LogP contribution >= 0.6 is 23.3 Å². The average Bonchev–Trinajstić information content (AvgIpc) is 3.31. The second-order valence-electron chi connectivity index (χ2n) is 6.71. The maximum atomic E-state index is 13.8. The Hall–Kier alpha value is -2.20. The zero-order valence-electron chi connectivity index (χ0n) is 15.6. The van der Waals surface area contributed by atoms with Crippen LogP contribution < -0.4 is 10.0 Å². The number of amides is 3. The van der Waals surface area contributed by atoms with Crippen LogP contribution in [0.1, 0.15) is 15.2 Å². The van der Waals surface area contributed by atoms with Gasteiger partial charge in [-0.05, 0) is 36.2 Å². The van der Waals surface area contributed by atoms with Gasteiger partial charge in [-0.15, -0.1) is 17.9 Å². The standard InChI is InChI=1S/C20H22FN3O3S2/c1-2-10-24-11-15(12-25)20(13-24,16-8-9-17(21)28-16)29-23-19(27)22-18(26)14-6-4-3-5-7-14/h2-9,15,25H,1,10-13H2,(H2,22,23,26,27). The summed E-state index contributed by atoms with van der Waals surface area (Å²) in [5, 5.41) is 11.9. The highest BCUT2D eigenvalue weighted by Crippen LogP contribution is 2.48. The zero-order valence-corrected chi connectivity index (χ0v) is 17.3. The maximum Gasteiger partial charge on any atom is 0.331 e. The molecular weight excluding hydrogens is 413 g/mol. The first kappa shape index (κ1) is 21.5. The third-order valence-corrected chi connectivity index (χ3v) is 7.30. The van der Waals surface area contributed by atoms with Crippen LogP contribution in [0.25, 0.3) is 0 Å². The molecule has 1 saturated heterocycles. The Morgan fingerprint density at radius 2 is 2.10 bits per heavy atom. The molecular formula is C20H22FN3O3S2. The lowest BCUT2D eigenvalue weighted by atomic mass is 9.94. The van der Waals surface area contributed by atoms with Gasteiger partial charge in [-0.1, -0.05) is 24.3 Å². The van der Waals surface area contributed by atoms with E-state index in [1.54, 1.807) is 42.5 Å². The molecule has 1 aromatic heterocycles. The van der Waals surface area contributed by atoms with Gasteiger partial charge in [0.1, 0.15) is 0 Å². The molecule has 1 aromatic carbocycles. The molecule has 2 heterocycles. The number of likely N-dealkylation sites (tertiary alicyclic amines) is 1. The summed E-state index contributed by atoms with van der Waals surface area (Å²) < 4.78 is 15.7. The SMILES string of the molecule is C=CCN1CC(CO)C(SNC(=O)NC(=O)c2ccccc2)(c2ccc(F)s2)C1. The Kier molecular flexibility index (Phi) is 7.07. The van der Waals surface area contributed by atoms with Crippen molar-refractivity contribution in [3.05, 3.63) is 70.7 Å². The van der Waals surface area contributed by atoms with E-state index in [1.165, 1.54) is 6.07 Å². The van der Waals surface area contributed by atoms with Crippen molar-refractivity contribution in [2.24, 2.45) is 5.92 Å². The monoisotopic (exact) mass is 435 g/mol. The number of thiophene rings is 1. The molecule has 0 saturated carbocycles. The summed E-state index contributed by atoms with van der Waals surface area (Å²) in [5.41, 5.74) is 0.369. The molecule has 1 aliphatic heterocycles. The highest BCUT2D eigenvalue weighted by atomic mass is 32.2. The largest absolute Gasteiger partial charge is 0.396 e. The third kappa shape index (κ3) is 4.87. The van der Waals surface area contributed by atoms with Gasteiger partial charge in [0.25, 0.3) is 5.91 Å². The fourth-order valence-corrected chi connectivity index (χ4v) is 5.62. The molecule has 2 unspecified atom stereocenters. The van der Waals surface area contributed by atoms with Crippen molar-refractivity contribution in [2.75, 3.05) is 26.2 Å². The molecule has 1 fully saturated rings. The lowest BCUT2D eigenvalue weighted by molar-refractivity contribution is 0.0965. The second kappa shape index (κ2) is 9.53. The normalized spacial score (nSPS) is 21.7. The van der Waals surface area contributed by atoms with Crippen molar-refractivity contribution in [2.45, 2.75) is 4.75 Å². The van der Waals surface area contributed by atoms with Gasteiger partial charge < -0.3 is 5.11 Å². The van der Waals surface area contributed by atoms with Crippen LogP contribution in [-0.2, 0) is 4.75 Å². The predicted molar refractivity (Wildman–Crippen MR) is 113 cm³/mol. The average molecular weight is 436 g/mol. The third-order valence-electron chi connectivity index (χ3n) is 4.78. The molecule has 1 aliphatic rings. The van der Waals surface area contributed by atoms with Crippen LogP contribution in [0.2, 0.25) is 0 Å². The van der Waals surface area contributed by atoms with Gasteiger partial charge in [-0.3, -0.25) is 19.7 Å². The predicted octanol–water partition coefficient (Wildman–Crippen LogP) is 2.98. The minimum atomic E-state index is -0.736. The molecule has 6 nitrogen and oxygen atoms in total. The number of nitrogens with zero attached hydrogens (tertiary/aromatic N) is 1. The molecule has 0 bridgehead atoms. The van der Waals surface area contributed by atoms with E-state index < -0.39 is 16.7 Å². The number of hydrogen-bond donors (Lipinski definition) is 3. The molecule has 0 radical (unpaired) electrons. The van der Waals surface area contributed by atoms with Crippen molar-refractivity contribution >= 4 is 35.2 Å². The number of carbonyl (C=O) groups excluding carboxylic acids is 2. The van der Waals surface area contributed by atoms with E-state index in [9.17, 15) is 19.1 Å². The van der Waals surface area contributed by atoms with Crippen LogP contribution in [0, 0.1) is 11.0 Å². The summed E-state index contributed by atoms with van der Waals surface area (Å²) in [6, 6.07) is 10.8. The minimum absolute atomic E-state index is 0.119. The molecule has 154 valence electrons. The molecule has 2 atom stereocenters. The van der Waals surface area contributed by atoms with Crippen molar-refractivity contribution < 1.29 is 19.1 Å². The fraction of sp³-hybridized carbons (Fsp3) is 0.300. The van der Waals surface area contributed by atoms with E-state index in [0.29, 0.717) is 25.2 Å². The molecule has 9 heteroatoms. The number of carbonyl (C=O) groups is 2. The van der Waals surface area contributed by atoms with Crippen LogP contribution in [0.4, 0.5) is 9.18 Å². The molecule has 2 aromatic rings. The summed E-state index contributed by atoms with van der Waals surface area (Å²) in [5.74, 6) is -0.742. The number of nitrogens with one attached hydrogen (secondary N) is 2. The Morgan fingerprint density at radius 3 is 2.72 bits per heavy atom. The van der Waals surface area contributed by atoms with Gasteiger partial charge in [-0.2, -0.15) is 4.39 Å². The van der Waals surface area contributed by atoms with E-state index in [2.05, 4.69) is 21.5 Å². The first-order chi connectivity index (χ1) is 14.0. The Morgan fingerprint density at radius 1 is 1.34 bits per heavy atom. The number of halogens is 1. The number of urea groups is 1. The van der Waals surface area contributed by atoms with E-state index in [-0.39, 0.29) is 17.7 Å².